The van der Waals surface area contributed by atoms with Gasteiger partial charge >= 0.3 is 0 Å². The topological polar surface area (TPSA) is 64.0 Å². The molecule has 0 aliphatic rings. The van der Waals surface area contributed by atoms with Gasteiger partial charge in [-0.15, -0.1) is 0 Å². The van der Waals surface area contributed by atoms with Gasteiger partial charge in [-0.05, 0) is 31.2 Å². The third kappa shape index (κ3) is 2.88. The van der Waals surface area contributed by atoms with E-state index in [1.54, 1.807) is 30.7 Å². The zero-order chi connectivity index (χ0) is 17.3. The molecule has 0 saturated carbocycles. The van der Waals surface area contributed by atoms with Crippen LogP contribution in [-0.2, 0) is 0 Å². The number of carbonyl (C=O) groups excluding carboxylic acids is 2. The Morgan fingerprint density at radius 3 is 2.58 bits per heavy atom. The molecule has 122 valence electrons. The highest BCUT2D eigenvalue weighted by Gasteiger charge is 2.20. The normalized spacial score (nSPS) is 10.8. The van der Waals surface area contributed by atoms with Gasteiger partial charge in [0.2, 0.25) is 0 Å². The van der Waals surface area contributed by atoms with Gasteiger partial charge < -0.3 is 5.32 Å². The van der Waals surface area contributed by atoms with E-state index in [1.807, 2.05) is 6.92 Å². The number of halogens is 2. The lowest BCUT2D eigenvalue weighted by Gasteiger charge is -2.10. The Morgan fingerprint density at radius 2 is 1.92 bits per heavy atom. The highest BCUT2D eigenvalue weighted by Crippen LogP contribution is 2.29. The van der Waals surface area contributed by atoms with E-state index in [2.05, 4.69) is 10.3 Å². The van der Waals surface area contributed by atoms with Gasteiger partial charge in [0, 0.05) is 36.1 Å². The van der Waals surface area contributed by atoms with Gasteiger partial charge in [0.05, 0.1) is 21.1 Å². The fraction of sp³-hybridized carbons (Fsp3) is 0.118. The van der Waals surface area contributed by atoms with Gasteiger partial charge in [0.15, 0.2) is 0 Å². The van der Waals surface area contributed by atoms with Crippen molar-refractivity contribution < 1.29 is 9.59 Å². The van der Waals surface area contributed by atoms with E-state index in [0.29, 0.717) is 17.6 Å². The molecule has 7 heteroatoms. The third-order valence-electron chi connectivity index (χ3n) is 3.56. The van der Waals surface area contributed by atoms with Gasteiger partial charge in [-0.3, -0.25) is 19.1 Å². The number of fused-ring (bicyclic) bond motifs is 1. The molecule has 0 saturated heterocycles. The summed E-state index contributed by atoms with van der Waals surface area (Å²) in [4.78, 5) is 28.8. The number of nitrogens with zero attached hydrogens (tertiary/aromatic N) is 2. The summed E-state index contributed by atoms with van der Waals surface area (Å²) in [7, 11) is 0. The molecule has 3 aromatic rings. The molecule has 0 spiro atoms. The number of rotatable bonds is 3. The van der Waals surface area contributed by atoms with E-state index in [-0.39, 0.29) is 27.4 Å². The van der Waals surface area contributed by atoms with Crippen molar-refractivity contribution in [3.63, 3.8) is 0 Å². The smallest absolute Gasteiger partial charge is 0.265 e. The average Bonchev–Trinajstić information content (AvgIpc) is 2.98. The standard InChI is InChI=1S/C17H13Cl2N3O2/c1-2-21-16(23)11-7-12(18)15(13(19)8-11)17(24)22-6-4-10-9-20-5-3-14(10)22/h3-9H,2H2,1H3,(H,21,23). The molecule has 0 bridgehead atoms. The van der Waals surface area contributed by atoms with Crippen molar-refractivity contribution in [2.24, 2.45) is 0 Å². The highest BCUT2D eigenvalue weighted by molar-refractivity contribution is 6.40. The predicted octanol–water partition coefficient (Wildman–Crippen LogP) is 3.78. The number of hydrogen-bond acceptors (Lipinski definition) is 3. The van der Waals surface area contributed by atoms with Crippen LogP contribution in [-0.4, -0.2) is 27.9 Å². The predicted molar refractivity (Wildman–Crippen MR) is 93.9 cm³/mol. The molecular formula is C17H13Cl2N3O2. The van der Waals surface area contributed by atoms with Crippen LogP contribution in [0.15, 0.2) is 42.9 Å². The second-order valence-electron chi connectivity index (χ2n) is 5.10. The van der Waals surface area contributed by atoms with Gasteiger partial charge in [-0.25, -0.2) is 0 Å². The summed E-state index contributed by atoms with van der Waals surface area (Å²) in [6.07, 6.45) is 4.91. The van der Waals surface area contributed by atoms with Gasteiger partial charge in [-0.1, -0.05) is 23.2 Å². The Morgan fingerprint density at radius 1 is 1.21 bits per heavy atom. The zero-order valence-electron chi connectivity index (χ0n) is 12.7. The molecule has 0 fully saturated rings. The number of carbonyl (C=O) groups is 2. The first-order chi connectivity index (χ1) is 11.5. The number of benzene rings is 1. The average molecular weight is 362 g/mol. The number of amides is 1. The first kappa shape index (κ1) is 16.5. The Labute approximate surface area is 148 Å². The monoisotopic (exact) mass is 361 g/mol. The molecular weight excluding hydrogens is 349 g/mol. The lowest BCUT2D eigenvalue weighted by atomic mass is 10.1. The first-order valence-electron chi connectivity index (χ1n) is 7.26. The van der Waals surface area contributed by atoms with Crippen LogP contribution in [0.5, 0.6) is 0 Å². The molecule has 0 radical (unpaired) electrons. The van der Waals surface area contributed by atoms with Crippen LogP contribution in [0.4, 0.5) is 0 Å². The molecule has 1 amide bonds. The Hall–Kier alpha value is -2.37. The molecule has 2 aromatic heterocycles. The van der Waals surface area contributed by atoms with Crippen molar-refractivity contribution in [1.29, 1.82) is 0 Å². The SMILES string of the molecule is CCNC(=O)c1cc(Cl)c(C(=O)n2ccc3cnccc32)c(Cl)c1. The summed E-state index contributed by atoms with van der Waals surface area (Å²) in [6.45, 7) is 2.29. The largest absolute Gasteiger partial charge is 0.352 e. The van der Waals surface area contributed by atoms with Crippen molar-refractivity contribution >= 4 is 45.9 Å². The molecule has 0 unspecified atom stereocenters. The minimum Gasteiger partial charge on any atom is -0.352 e. The lowest BCUT2D eigenvalue weighted by Crippen LogP contribution is -2.23. The van der Waals surface area contributed by atoms with E-state index in [1.165, 1.54) is 16.7 Å². The Bertz CT molecular complexity index is 927. The quantitative estimate of drug-likeness (QED) is 0.771. The Balaban J connectivity index is 2.06. The number of pyridine rings is 1. The zero-order valence-corrected chi connectivity index (χ0v) is 14.2. The van der Waals surface area contributed by atoms with E-state index in [4.69, 9.17) is 23.2 Å². The number of aromatic nitrogens is 2. The number of nitrogens with one attached hydrogen (secondary N) is 1. The van der Waals surface area contributed by atoms with Gasteiger partial charge in [0.25, 0.3) is 11.8 Å². The second-order valence-corrected chi connectivity index (χ2v) is 5.91. The summed E-state index contributed by atoms with van der Waals surface area (Å²) >= 11 is 12.5. The van der Waals surface area contributed by atoms with Crippen molar-refractivity contribution in [1.82, 2.24) is 14.9 Å². The van der Waals surface area contributed by atoms with Crippen molar-refractivity contribution in [2.75, 3.05) is 6.54 Å². The summed E-state index contributed by atoms with van der Waals surface area (Å²) in [6, 6.07) is 6.40. The van der Waals surface area contributed by atoms with Crippen molar-refractivity contribution in [2.45, 2.75) is 6.92 Å². The van der Waals surface area contributed by atoms with Crippen LogP contribution in [0.2, 0.25) is 10.0 Å². The maximum atomic E-state index is 12.8. The fourth-order valence-corrected chi connectivity index (χ4v) is 3.10. The third-order valence-corrected chi connectivity index (χ3v) is 4.16. The minimum absolute atomic E-state index is 0.129. The molecule has 0 aliphatic carbocycles. The van der Waals surface area contributed by atoms with Crippen LogP contribution >= 0.6 is 23.2 Å². The maximum absolute atomic E-state index is 12.8. The molecule has 1 aromatic carbocycles. The van der Waals surface area contributed by atoms with E-state index in [9.17, 15) is 9.59 Å². The second kappa shape index (κ2) is 6.63. The lowest BCUT2D eigenvalue weighted by molar-refractivity contribution is 0.0947. The van der Waals surface area contributed by atoms with Crippen molar-refractivity contribution in [3.05, 3.63) is 64.0 Å². The molecule has 0 atom stereocenters. The van der Waals surface area contributed by atoms with E-state index < -0.39 is 0 Å². The fourth-order valence-electron chi connectivity index (χ4n) is 2.45. The van der Waals surface area contributed by atoms with Gasteiger partial charge in [0.1, 0.15) is 0 Å². The van der Waals surface area contributed by atoms with Crippen LogP contribution in [0.3, 0.4) is 0 Å². The van der Waals surface area contributed by atoms with Crippen LogP contribution < -0.4 is 5.32 Å². The first-order valence-corrected chi connectivity index (χ1v) is 8.01. The van der Waals surface area contributed by atoms with Crippen LogP contribution in [0.25, 0.3) is 10.9 Å². The van der Waals surface area contributed by atoms with Gasteiger partial charge in [-0.2, -0.15) is 0 Å². The summed E-state index contributed by atoms with van der Waals surface area (Å²) in [5.74, 6) is -0.661. The van der Waals surface area contributed by atoms with Crippen molar-refractivity contribution in [3.8, 4) is 0 Å². The summed E-state index contributed by atoms with van der Waals surface area (Å²) in [5, 5.41) is 3.75. The maximum Gasteiger partial charge on any atom is 0.265 e. The molecule has 24 heavy (non-hydrogen) atoms. The molecule has 1 N–H and O–H groups in total. The van der Waals surface area contributed by atoms with Crippen LogP contribution in [0.1, 0.15) is 27.6 Å². The summed E-state index contributed by atoms with van der Waals surface area (Å²) in [5.41, 5.74) is 1.17. The molecule has 2 heterocycles. The van der Waals surface area contributed by atoms with E-state index >= 15 is 0 Å². The molecule has 3 rings (SSSR count). The Kier molecular flexibility index (Phi) is 4.55. The minimum atomic E-state index is -0.367. The number of hydrogen-bond donors (Lipinski definition) is 1. The van der Waals surface area contributed by atoms with E-state index in [0.717, 1.165) is 5.39 Å². The van der Waals surface area contributed by atoms with Crippen LogP contribution in [0, 0.1) is 0 Å². The summed E-state index contributed by atoms with van der Waals surface area (Å²) < 4.78 is 1.45. The highest BCUT2D eigenvalue weighted by atomic mass is 35.5. The molecule has 5 nitrogen and oxygen atoms in total. The molecule has 0 aliphatic heterocycles.